The molecule has 2 nitrogen and oxygen atoms in total. The second-order valence-electron chi connectivity index (χ2n) is 3.68. The molecular formula is C10H16Br2N2S. The van der Waals surface area contributed by atoms with E-state index in [-0.39, 0.29) is 6.04 Å². The van der Waals surface area contributed by atoms with Gasteiger partial charge in [0.1, 0.15) is 0 Å². The molecular weight excluding hydrogens is 340 g/mol. The van der Waals surface area contributed by atoms with E-state index >= 15 is 0 Å². The van der Waals surface area contributed by atoms with Crippen molar-refractivity contribution < 1.29 is 0 Å². The van der Waals surface area contributed by atoms with Gasteiger partial charge in [-0.3, -0.25) is 11.3 Å². The van der Waals surface area contributed by atoms with Crippen molar-refractivity contribution in [2.24, 2.45) is 11.8 Å². The Morgan fingerprint density at radius 2 is 2.20 bits per heavy atom. The molecule has 0 spiro atoms. The Kier molecular flexibility index (Phi) is 5.77. The molecule has 3 N–H and O–H groups in total. The minimum absolute atomic E-state index is 0.248. The zero-order valence-electron chi connectivity index (χ0n) is 8.89. The minimum atomic E-state index is 0.248. The van der Waals surface area contributed by atoms with Gasteiger partial charge in [0.15, 0.2) is 0 Å². The molecule has 0 bridgehead atoms. The number of hydrogen-bond donors (Lipinski definition) is 2. The Morgan fingerprint density at radius 1 is 1.53 bits per heavy atom. The number of nitrogens with one attached hydrogen (secondary N) is 1. The fourth-order valence-corrected chi connectivity index (χ4v) is 3.95. The average molecular weight is 356 g/mol. The van der Waals surface area contributed by atoms with E-state index in [1.54, 1.807) is 11.3 Å². The Bertz CT molecular complexity index is 295. The molecule has 1 heterocycles. The summed E-state index contributed by atoms with van der Waals surface area (Å²) in [7, 11) is 0. The summed E-state index contributed by atoms with van der Waals surface area (Å²) in [4.78, 5) is 1.28. The molecule has 1 aromatic rings. The predicted molar refractivity (Wildman–Crippen MR) is 73.9 cm³/mol. The molecule has 0 fully saturated rings. The molecule has 0 saturated heterocycles. The van der Waals surface area contributed by atoms with E-state index in [1.807, 2.05) is 0 Å². The zero-order chi connectivity index (χ0) is 11.4. The first-order chi connectivity index (χ1) is 7.10. The third kappa shape index (κ3) is 3.53. The standard InChI is InChI=1S/C10H16Br2N2S/c1-3-4-6(2)9(14-13)8-5-7(11)10(12)15-8/h5-6,9,14H,3-4,13H2,1-2H3. The molecule has 0 aliphatic carbocycles. The summed E-state index contributed by atoms with van der Waals surface area (Å²) in [5.41, 5.74) is 2.91. The lowest BCUT2D eigenvalue weighted by Crippen LogP contribution is -2.31. The molecule has 0 amide bonds. The lowest BCUT2D eigenvalue weighted by Gasteiger charge is -2.21. The van der Waals surface area contributed by atoms with Crippen LogP contribution in [0.4, 0.5) is 0 Å². The van der Waals surface area contributed by atoms with E-state index in [0.29, 0.717) is 5.92 Å². The van der Waals surface area contributed by atoms with Crippen LogP contribution < -0.4 is 11.3 Å². The van der Waals surface area contributed by atoms with Gasteiger partial charge in [-0.2, -0.15) is 0 Å². The maximum Gasteiger partial charge on any atom is 0.0843 e. The van der Waals surface area contributed by atoms with Gasteiger partial charge in [0.25, 0.3) is 0 Å². The molecule has 86 valence electrons. The fourth-order valence-electron chi connectivity index (χ4n) is 1.67. The largest absolute Gasteiger partial charge is 0.271 e. The lowest BCUT2D eigenvalue weighted by atomic mass is 9.96. The second kappa shape index (κ2) is 6.35. The summed E-state index contributed by atoms with van der Waals surface area (Å²) in [6, 6.07) is 2.38. The predicted octanol–water partition coefficient (Wildman–Crippen LogP) is 4.21. The Morgan fingerprint density at radius 3 is 2.60 bits per heavy atom. The molecule has 2 atom stereocenters. The highest BCUT2D eigenvalue weighted by molar-refractivity contribution is 9.13. The van der Waals surface area contributed by atoms with Crippen LogP contribution in [0.1, 0.15) is 37.6 Å². The van der Waals surface area contributed by atoms with E-state index in [4.69, 9.17) is 5.84 Å². The molecule has 1 aromatic heterocycles. The van der Waals surface area contributed by atoms with Crippen molar-refractivity contribution in [3.05, 3.63) is 19.2 Å². The summed E-state index contributed by atoms with van der Waals surface area (Å²) in [5.74, 6) is 6.17. The fraction of sp³-hybridized carbons (Fsp3) is 0.600. The van der Waals surface area contributed by atoms with Gasteiger partial charge in [-0.25, -0.2) is 0 Å². The van der Waals surface area contributed by atoms with Gasteiger partial charge in [-0.05, 0) is 50.3 Å². The average Bonchev–Trinajstić information content (AvgIpc) is 2.48. The van der Waals surface area contributed by atoms with Crippen LogP contribution in [0.3, 0.4) is 0 Å². The molecule has 5 heteroatoms. The monoisotopic (exact) mass is 354 g/mol. The van der Waals surface area contributed by atoms with E-state index in [9.17, 15) is 0 Å². The lowest BCUT2D eigenvalue weighted by molar-refractivity contribution is 0.373. The molecule has 0 aliphatic heterocycles. The van der Waals surface area contributed by atoms with Crippen LogP contribution in [0.15, 0.2) is 14.3 Å². The maximum atomic E-state index is 5.62. The van der Waals surface area contributed by atoms with Crippen molar-refractivity contribution >= 4 is 43.2 Å². The van der Waals surface area contributed by atoms with Crippen LogP contribution in [0.2, 0.25) is 0 Å². The third-order valence-corrected chi connectivity index (χ3v) is 5.80. The normalized spacial score (nSPS) is 15.3. The van der Waals surface area contributed by atoms with Gasteiger partial charge in [0, 0.05) is 9.35 Å². The first-order valence-electron chi connectivity index (χ1n) is 5.01. The molecule has 0 radical (unpaired) electrons. The first-order valence-corrected chi connectivity index (χ1v) is 7.41. The summed E-state index contributed by atoms with van der Waals surface area (Å²) in [6.07, 6.45) is 2.37. The Labute approximate surface area is 112 Å². The van der Waals surface area contributed by atoms with Gasteiger partial charge >= 0.3 is 0 Å². The van der Waals surface area contributed by atoms with Gasteiger partial charge < -0.3 is 0 Å². The highest BCUT2D eigenvalue weighted by atomic mass is 79.9. The zero-order valence-corrected chi connectivity index (χ0v) is 12.9. The van der Waals surface area contributed by atoms with E-state index < -0.39 is 0 Å². The van der Waals surface area contributed by atoms with Crippen LogP contribution in [-0.2, 0) is 0 Å². The highest BCUT2D eigenvalue weighted by Crippen LogP contribution is 2.38. The smallest absolute Gasteiger partial charge is 0.0843 e. The molecule has 0 aliphatic rings. The van der Waals surface area contributed by atoms with Gasteiger partial charge in [0.05, 0.1) is 9.83 Å². The van der Waals surface area contributed by atoms with Crippen LogP contribution in [0.5, 0.6) is 0 Å². The van der Waals surface area contributed by atoms with Crippen LogP contribution in [0, 0.1) is 5.92 Å². The summed E-state index contributed by atoms with van der Waals surface area (Å²) < 4.78 is 2.23. The number of rotatable bonds is 5. The Hall–Kier alpha value is 0.580. The van der Waals surface area contributed by atoms with Crippen molar-refractivity contribution in [2.45, 2.75) is 32.7 Å². The van der Waals surface area contributed by atoms with Crippen LogP contribution in [0.25, 0.3) is 0 Å². The number of halogens is 2. The number of hydrazine groups is 1. The SMILES string of the molecule is CCCC(C)C(NN)c1cc(Br)c(Br)s1. The van der Waals surface area contributed by atoms with Crippen LogP contribution in [-0.4, -0.2) is 0 Å². The Balaban J connectivity index is 2.82. The van der Waals surface area contributed by atoms with Crippen molar-refractivity contribution in [3.8, 4) is 0 Å². The van der Waals surface area contributed by atoms with Gasteiger partial charge in [-0.1, -0.05) is 20.3 Å². The summed E-state index contributed by atoms with van der Waals surface area (Å²) >= 11 is 8.73. The third-order valence-electron chi connectivity index (χ3n) is 2.46. The first kappa shape index (κ1) is 13.6. The highest BCUT2D eigenvalue weighted by Gasteiger charge is 2.20. The maximum absolute atomic E-state index is 5.62. The molecule has 2 unspecified atom stereocenters. The van der Waals surface area contributed by atoms with Crippen molar-refractivity contribution in [3.63, 3.8) is 0 Å². The van der Waals surface area contributed by atoms with E-state index in [1.165, 1.54) is 17.7 Å². The summed E-state index contributed by atoms with van der Waals surface area (Å²) in [5, 5.41) is 0. The molecule has 0 saturated carbocycles. The number of hydrogen-bond acceptors (Lipinski definition) is 3. The second-order valence-corrected chi connectivity index (χ2v) is 6.94. The quantitative estimate of drug-likeness (QED) is 0.613. The van der Waals surface area contributed by atoms with Crippen molar-refractivity contribution in [1.82, 2.24) is 5.43 Å². The number of thiophene rings is 1. The van der Waals surface area contributed by atoms with Crippen LogP contribution >= 0.6 is 43.2 Å². The summed E-state index contributed by atoms with van der Waals surface area (Å²) in [6.45, 7) is 4.43. The minimum Gasteiger partial charge on any atom is -0.271 e. The van der Waals surface area contributed by atoms with Crippen molar-refractivity contribution in [1.29, 1.82) is 0 Å². The van der Waals surface area contributed by atoms with E-state index in [0.717, 1.165) is 8.26 Å². The molecule has 15 heavy (non-hydrogen) atoms. The van der Waals surface area contributed by atoms with Gasteiger partial charge in [-0.15, -0.1) is 11.3 Å². The van der Waals surface area contributed by atoms with E-state index in [2.05, 4.69) is 57.2 Å². The molecule has 0 aromatic carbocycles. The molecule has 1 rings (SSSR count). The number of nitrogens with two attached hydrogens (primary N) is 1. The van der Waals surface area contributed by atoms with Gasteiger partial charge in [0.2, 0.25) is 0 Å². The topological polar surface area (TPSA) is 38.0 Å². The van der Waals surface area contributed by atoms with Crippen molar-refractivity contribution in [2.75, 3.05) is 0 Å².